The van der Waals surface area contributed by atoms with Crippen LogP contribution in [0, 0.1) is 11.3 Å². The van der Waals surface area contributed by atoms with E-state index in [9.17, 15) is 38.1 Å². The maximum atomic E-state index is 13.6. The van der Waals surface area contributed by atoms with Gasteiger partial charge in [-0.2, -0.15) is 4.31 Å². The number of benzene rings is 2. The highest BCUT2D eigenvalue weighted by atomic mass is 32.2. The number of methoxy groups -OCH3 is 1. The summed E-state index contributed by atoms with van der Waals surface area (Å²) in [5.74, 6) is -2.50. The molecule has 44 heavy (non-hydrogen) atoms. The highest BCUT2D eigenvalue weighted by molar-refractivity contribution is 7.89. The summed E-state index contributed by atoms with van der Waals surface area (Å²) in [7, 11) is -3.10. The number of phenolic OH excluding ortho intramolecular Hbond substituents is 2. The number of hydrogen-bond donors (Lipinski definition) is 6. The van der Waals surface area contributed by atoms with Crippen molar-refractivity contribution >= 4 is 27.9 Å². The number of ether oxygens (including phenoxy) is 1. The molecule has 3 atom stereocenters. The van der Waals surface area contributed by atoms with Gasteiger partial charge >= 0.3 is 6.09 Å². The Hall–Kier alpha value is -3.88. The van der Waals surface area contributed by atoms with Crippen LogP contribution in [-0.4, -0.2) is 90.9 Å². The number of carbonyl (C=O) groups is 3. The number of alkyl carbamates (subject to hydrolysis) is 1. The lowest BCUT2D eigenvalue weighted by molar-refractivity contribution is -0.132. The predicted molar refractivity (Wildman–Crippen MR) is 163 cm³/mol. The molecule has 0 aromatic heterocycles. The lowest BCUT2D eigenvalue weighted by Gasteiger charge is -2.34. The summed E-state index contributed by atoms with van der Waals surface area (Å²) in [5, 5.41) is 38.8. The van der Waals surface area contributed by atoms with Gasteiger partial charge in [-0.3, -0.25) is 9.59 Å². The van der Waals surface area contributed by atoms with Crippen LogP contribution in [-0.2, 0) is 30.8 Å². The van der Waals surface area contributed by atoms with Gasteiger partial charge in [-0.05, 0) is 35.4 Å². The Kier molecular flexibility index (Phi) is 13.0. The van der Waals surface area contributed by atoms with Crippen molar-refractivity contribution in [3.63, 3.8) is 0 Å². The molecule has 0 aliphatic rings. The number of aromatic hydroxyl groups is 2. The fourth-order valence-corrected chi connectivity index (χ4v) is 6.00. The van der Waals surface area contributed by atoms with Gasteiger partial charge in [0.1, 0.15) is 12.6 Å². The largest absolute Gasteiger partial charge is 0.504 e. The summed E-state index contributed by atoms with van der Waals surface area (Å²) in [5.41, 5.74) is -0.0292. The van der Waals surface area contributed by atoms with Gasteiger partial charge in [-0.25, -0.2) is 13.2 Å². The fraction of sp³-hybridized carbons (Fsp3) is 0.500. The van der Waals surface area contributed by atoms with Crippen LogP contribution >= 0.6 is 0 Å². The third-order valence-corrected chi connectivity index (χ3v) is 8.47. The number of sulfonamides is 1. The molecule has 2 rings (SSSR count). The van der Waals surface area contributed by atoms with Crippen molar-refractivity contribution in [2.45, 2.75) is 64.1 Å². The van der Waals surface area contributed by atoms with E-state index in [2.05, 4.69) is 20.7 Å². The van der Waals surface area contributed by atoms with E-state index >= 15 is 0 Å². The Bertz CT molecular complexity index is 1380. The molecule has 2 aromatic rings. The maximum absolute atomic E-state index is 13.6. The van der Waals surface area contributed by atoms with Crippen LogP contribution in [0.15, 0.2) is 53.4 Å². The Morgan fingerprint density at radius 3 is 2.14 bits per heavy atom. The molecule has 0 fully saturated rings. The summed E-state index contributed by atoms with van der Waals surface area (Å²) < 4.78 is 32.8. The van der Waals surface area contributed by atoms with E-state index in [0.717, 1.165) is 35.2 Å². The number of aliphatic hydroxyl groups excluding tert-OH is 1. The molecule has 0 aliphatic carbocycles. The predicted octanol–water partition coefficient (Wildman–Crippen LogP) is 1.72. The molecule has 0 saturated carbocycles. The molecule has 0 unspecified atom stereocenters. The Morgan fingerprint density at radius 1 is 0.955 bits per heavy atom. The van der Waals surface area contributed by atoms with Crippen molar-refractivity contribution in [2.75, 3.05) is 26.7 Å². The van der Waals surface area contributed by atoms with Gasteiger partial charge in [0.2, 0.25) is 21.8 Å². The molecule has 2 aromatic carbocycles. The summed E-state index contributed by atoms with van der Waals surface area (Å²) >= 11 is 0. The minimum atomic E-state index is -4.25. The first-order valence-electron chi connectivity index (χ1n) is 14.1. The van der Waals surface area contributed by atoms with E-state index < -0.39 is 76.1 Å². The van der Waals surface area contributed by atoms with E-state index in [1.54, 1.807) is 58.9 Å². The minimum Gasteiger partial charge on any atom is -0.504 e. The van der Waals surface area contributed by atoms with Crippen molar-refractivity contribution < 1.29 is 42.9 Å². The summed E-state index contributed by atoms with van der Waals surface area (Å²) in [6, 6.07) is 10.1. The molecule has 244 valence electrons. The zero-order chi connectivity index (χ0) is 33.2. The topological polar surface area (TPSA) is 195 Å². The molecular weight excluding hydrogens is 592 g/mol. The highest BCUT2D eigenvalue weighted by Crippen LogP contribution is 2.29. The lowest BCUT2D eigenvalue weighted by atomic mass is 9.85. The van der Waals surface area contributed by atoms with Crippen molar-refractivity contribution in [3.8, 4) is 11.5 Å². The van der Waals surface area contributed by atoms with Gasteiger partial charge in [-0.15, -0.1) is 0 Å². The first-order valence-corrected chi connectivity index (χ1v) is 15.5. The number of rotatable bonds is 14. The number of hydrogen-bond acceptors (Lipinski definition) is 9. The second-order valence-corrected chi connectivity index (χ2v) is 13.9. The maximum Gasteiger partial charge on any atom is 0.407 e. The average molecular weight is 637 g/mol. The number of nitrogens with one attached hydrogen (secondary N) is 3. The fourth-order valence-electron chi connectivity index (χ4n) is 4.36. The van der Waals surface area contributed by atoms with Gasteiger partial charge in [-0.1, -0.05) is 65.0 Å². The van der Waals surface area contributed by atoms with Crippen LogP contribution in [0.25, 0.3) is 0 Å². The molecular formula is C30H44N4O9S. The molecule has 0 saturated heterocycles. The van der Waals surface area contributed by atoms with Crippen LogP contribution in [0.5, 0.6) is 11.5 Å². The monoisotopic (exact) mass is 636 g/mol. The van der Waals surface area contributed by atoms with Crippen molar-refractivity contribution in [1.29, 1.82) is 0 Å². The molecule has 0 aliphatic heterocycles. The van der Waals surface area contributed by atoms with Gasteiger partial charge in [0.15, 0.2) is 11.5 Å². The van der Waals surface area contributed by atoms with Crippen LogP contribution in [0.1, 0.15) is 40.2 Å². The third kappa shape index (κ3) is 10.7. The quantitative estimate of drug-likeness (QED) is 0.167. The molecule has 14 heteroatoms. The molecule has 0 heterocycles. The molecule has 0 radical (unpaired) electrons. The van der Waals surface area contributed by atoms with E-state index in [4.69, 9.17) is 0 Å². The molecule has 0 bridgehead atoms. The number of amides is 3. The standard InChI is InChI=1S/C30H44N4O9S/c1-19(2)17-34(44(41,42)21-12-13-23(35)24(36)15-21)18-25(37)22(14-20-10-8-7-9-11-20)32-28(39)27(30(3,4)5)33-26(38)16-31-29(40)43-6/h7-13,15,19,22,25,27,35-37H,14,16-18H2,1-6H3,(H,31,40)(H,32,39)(H,33,38)/t22-,25+,27+/m0/s1. The molecule has 6 N–H and O–H groups in total. The second-order valence-electron chi connectivity index (χ2n) is 12.0. The van der Waals surface area contributed by atoms with Gasteiger partial charge in [0.05, 0.1) is 24.2 Å². The van der Waals surface area contributed by atoms with Crippen LogP contribution < -0.4 is 16.0 Å². The second kappa shape index (κ2) is 15.7. The van der Waals surface area contributed by atoms with Crippen molar-refractivity contribution in [3.05, 3.63) is 54.1 Å². The summed E-state index contributed by atoms with van der Waals surface area (Å²) in [6.45, 7) is 7.98. The Balaban J connectivity index is 2.39. The third-order valence-electron chi connectivity index (χ3n) is 6.65. The van der Waals surface area contributed by atoms with Crippen molar-refractivity contribution in [2.24, 2.45) is 11.3 Å². The van der Waals surface area contributed by atoms with Gasteiger partial charge in [0.25, 0.3) is 0 Å². The molecule has 13 nitrogen and oxygen atoms in total. The van der Waals surface area contributed by atoms with E-state index in [1.165, 1.54) is 0 Å². The van der Waals surface area contributed by atoms with Gasteiger partial charge in [0, 0.05) is 19.2 Å². The summed E-state index contributed by atoms with van der Waals surface area (Å²) in [4.78, 5) is 37.3. The van der Waals surface area contributed by atoms with Crippen LogP contribution in [0.3, 0.4) is 0 Å². The smallest absolute Gasteiger partial charge is 0.407 e. The van der Waals surface area contributed by atoms with Crippen LogP contribution in [0.2, 0.25) is 0 Å². The lowest BCUT2D eigenvalue weighted by Crippen LogP contribution is -2.59. The summed E-state index contributed by atoms with van der Waals surface area (Å²) in [6.07, 6.45) is -2.08. The van der Waals surface area contributed by atoms with Crippen LogP contribution in [0.4, 0.5) is 4.79 Å². The Labute approximate surface area is 258 Å². The highest BCUT2D eigenvalue weighted by Gasteiger charge is 2.36. The van der Waals surface area contributed by atoms with E-state index in [0.29, 0.717) is 0 Å². The SMILES string of the molecule is COC(=O)NCC(=O)N[C@H](C(=O)N[C@@H](Cc1ccccc1)[C@H](O)CN(CC(C)C)S(=O)(=O)c1ccc(O)c(O)c1)C(C)(C)C. The Morgan fingerprint density at radius 2 is 1.59 bits per heavy atom. The zero-order valence-electron chi connectivity index (χ0n) is 25.9. The number of aliphatic hydroxyl groups is 1. The van der Waals surface area contributed by atoms with E-state index in [1.807, 2.05) is 6.07 Å². The van der Waals surface area contributed by atoms with Crippen molar-refractivity contribution in [1.82, 2.24) is 20.3 Å². The number of nitrogens with zero attached hydrogens (tertiary/aromatic N) is 1. The molecule has 3 amide bonds. The first kappa shape index (κ1) is 36.3. The zero-order valence-corrected chi connectivity index (χ0v) is 26.7. The van der Waals surface area contributed by atoms with Gasteiger partial charge < -0.3 is 36.0 Å². The number of phenols is 2. The number of carbonyl (C=O) groups excluding carboxylic acids is 3. The normalized spacial score (nSPS) is 14.0. The first-order chi connectivity index (χ1) is 20.4. The molecule has 0 spiro atoms. The van der Waals surface area contributed by atoms with E-state index in [-0.39, 0.29) is 23.8 Å². The minimum absolute atomic E-state index is 0.0148. The average Bonchev–Trinajstić information content (AvgIpc) is 2.94.